The topological polar surface area (TPSA) is 69.2 Å². The fraction of sp³-hybridized carbons (Fsp3) is 0.263. The molecule has 2 aromatic rings. The summed E-state index contributed by atoms with van der Waals surface area (Å²) in [6, 6.07) is 10.8. The highest BCUT2D eigenvalue weighted by atomic mass is 19.1. The normalized spacial score (nSPS) is 10.6. The molecule has 0 atom stereocenters. The van der Waals surface area contributed by atoms with Crippen molar-refractivity contribution in [2.75, 3.05) is 25.1 Å². The predicted molar refractivity (Wildman–Crippen MR) is 97.4 cm³/mol. The van der Waals surface area contributed by atoms with Crippen LogP contribution in [0.4, 0.5) is 10.1 Å². The van der Waals surface area contributed by atoms with E-state index in [-0.39, 0.29) is 12.4 Å². The Kier molecular flexibility index (Phi) is 7.42. The van der Waals surface area contributed by atoms with E-state index in [9.17, 15) is 9.18 Å². The molecular formula is C19H21FN2O4. The molecule has 2 aromatic carbocycles. The summed E-state index contributed by atoms with van der Waals surface area (Å²) in [5.41, 5.74) is 1.23. The number of hydrogen-bond donors (Lipinski definition) is 1. The lowest BCUT2D eigenvalue weighted by atomic mass is 10.2. The van der Waals surface area contributed by atoms with Crippen molar-refractivity contribution >= 4 is 17.8 Å². The van der Waals surface area contributed by atoms with Gasteiger partial charge < -0.3 is 19.6 Å². The zero-order valence-corrected chi connectivity index (χ0v) is 14.7. The third kappa shape index (κ3) is 6.08. The third-order valence-electron chi connectivity index (χ3n) is 3.17. The second-order valence-corrected chi connectivity index (χ2v) is 5.14. The molecule has 26 heavy (non-hydrogen) atoms. The fourth-order valence-corrected chi connectivity index (χ4v) is 2.07. The van der Waals surface area contributed by atoms with Crippen LogP contribution in [0.1, 0.15) is 19.4 Å². The van der Waals surface area contributed by atoms with E-state index in [0.29, 0.717) is 30.4 Å². The molecule has 0 spiro atoms. The van der Waals surface area contributed by atoms with Gasteiger partial charge in [-0.05, 0) is 56.3 Å². The SMILES string of the molecule is CCOc1ccc(C=NOCC(=O)Nc2ccc(F)cc2)cc1OCC. The molecule has 0 aliphatic heterocycles. The van der Waals surface area contributed by atoms with Crippen molar-refractivity contribution in [3.05, 3.63) is 53.8 Å². The summed E-state index contributed by atoms with van der Waals surface area (Å²) in [6.45, 7) is 4.58. The van der Waals surface area contributed by atoms with E-state index >= 15 is 0 Å². The van der Waals surface area contributed by atoms with E-state index < -0.39 is 5.91 Å². The number of nitrogens with one attached hydrogen (secondary N) is 1. The first kappa shape index (κ1) is 19.2. The van der Waals surface area contributed by atoms with Crippen molar-refractivity contribution in [1.29, 1.82) is 0 Å². The van der Waals surface area contributed by atoms with Crippen molar-refractivity contribution in [1.82, 2.24) is 0 Å². The molecular weight excluding hydrogens is 339 g/mol. The fourth-order valence-electron chi connectivity index (χ4n) is 2.07. The summed E-state index contributed by atoms with van der Waals surface area (Å²) in [7, 11) is 0. The van der Waals surface area contributed by atoms with Crippen LogP contribution < -0.4 is 14.8 Å². The number of anilines is 1. The van der Waals surface area contributed by atoms with Crippen LogP contribution in [0, 0.1) is 5.82 Å². The molecule has 0 unspecified atom stereocenters. The van der Waals surface area contributed by atoms with E-state index in [4.69, 9.17) is 14.3 Å². The van der Waals surface area contributed by atoms with Gasteiger partial charge in [-0.2, -0.15) is 0 Å². The van der Waals surface area contributed by atoms with Crippen molar-refractivity contribution in [2.24, 2.45) is 5.16 Å². The van der Waals surface area contributed by atoms with Crippen LogP contribution in [-0.4, -0.2) is 31.9 Å². The number of carbonyl (C=O) groups is 1. The van der Waals surface area contributed by atoms with Gasteiger partial charge in [-0.15, -0.1) is 0 Å². The number of oxime groups is 1. The molecule has 6 nitrogen and oxygen atoms in total. The summed E-state index contributed by atoms with van der Waals surface area (Å²) in [5.74, 6) is 0.513. The number of hydrogen-bond acceptors (Lipinski definition) is 5. The Hall–Kier alpha value is -3.09. The highest BCUT2D eigenvalue weighted by molar-refractivity contribution is 5.91. The first-order valence-electron chi connectivity index (χ1n) is 8.22. The largest absolute Gasteiger partial charge is 0.490 e. The number of rotatable bonds is 9. The summed E-state index contributed by atoms with van der Waals surface area (Å²) >= 11 is 0. The second-order valence-electron chi connectivity index (χ2n) is 5.14. The zero-order chi connectivity index (χ0) is 18.8. The quantitative estimate of drug-likeness (QED) is 0.548. The number of carbonyl (C=O) groups excluding carboxylic acids is 1. The minimum Gasteiger partial charge on any atom is -0.490 e. The molecule has 0 aromatic heterocycles. The zero-order valence-electron chi connectivity index (χ0n) is 14.7. The Bertz CT molecular complexity index is 748. The Morgan fingerprint density at radius 1 is 1.08 bits per heavy atom. The molecule has 0 saturated heterocycles. The standard InChI is InChI=1S/C19H21FN2O4/c1-3-24-17-10-5-14(11-18(17)25-4-2)12-21-26-13-19(23)22-16-8-6-15(20)7-9-16/h5-12H,3-4,13H2,1-2H3,(H,22,23). The maximum absolute atomic E-state index is 12.8. The van der Waals surface area contributed by atoms with Gasteiger partial charge >= 0.3 is 0 Å². The van der Waals surface area contributed by atoms with Crippen LogP contribution in [0.25, 0.3) is 0 Å². The number of ether oxygens (including phenoxy) is 2. The van der Waals surface area contributed by atoms with Gasteiger partial charge in [0.15, 0.2) is 18.1 Å². The minimum absolute atomic E-state index is 0.261. The molecule has 0 saturated carbocycles. The number of amides is 1. The highest BCUT2D eigenvalue weighted by Gasteiger charge is 2.06. The monoisotopic (exact) mass is 360 g/mol. The summed E-state index contributed by atoms with van der Waals surface area (Å²) in [4.78, 5) is 16.7. The highest BCUT2D eigenvalue weighted by Crippen LogP contribution is 2.28. The van der Waals surface area contributed by atoms with Gasteiger partial charge in [0.25, 0.3) is 5.91 Å². The number of benzene rings is 2. The molecule has 0 radical (unpaired) electrons. The lowest BCUT2D eigenvalue weighted by Gasteiger charge is -2.11. The van der Waals surface area contributed by atoms with Gasteiger partial charge in [0.2, 0.25) is 0 Å². The van der Waals surface area contributed by atoms with Crippen molar-refractivity contribution < 1.29 is 23.5 Å². The van der Waals surface area contributed by atoms with Crippen LogP contribution >= 0.6 is 0 Å². The predicted octanol–water partition coefficient (Wildman–Crippen LogP) is 3.61. The number of nitrogens with zero attached hydrogens (tertiary/aromatic N) is 1. The van der Waals surface area contributed by atoms with E-state index in [2.05, 4.69) is 10.5 Å². The van der Waals surface area contributed by atoms with Crippen LogP contribution in [-0.2, 0) is 9.63 Å². The summed E-state index contributed by atoms with van der Waals surface area (Å²) in [6.07, 6.45) is 1.48. The lowest BCUT2D eigenvalue weighted by molar-refractivity contribution is -0.120. The smallest absolute Gasteiger partial charge is 0.265 e. The molecule has 0 heterocycles. The van der Waals surface area contributed by atoms with E-state index in [1.54, 1.807) is 18.2 Å². The van der Waals surface area contributed by atoms with Gasteiger partial charge in [0, 0.05) is 11.3 Å². The van der Waals surface area contributed by atoms with Crippen LogP contribution in [0.5, 0.6) is 11.5 Å². The van der Waals surface area contributed by atoms with Crippen molar-refractivity contribution in [2.45, 2.75) is 13.8 Å². The average Bonchev–Trinajstić information content (AvgIpc) is 2.63. The first-order valence-corrected chi connectivity index (χ1v) is 8.22. The Morgan fingerprint density at radius 2 is 1.77 bits per heavy atom. The third-order valence-corrected chi connectivity index (χ3v) is 3.17. The molecule has 1 amide bonds. The molecule has 0 bridgehead atoms. The second kappa shape index (κ2) is 10.0. The Labute approximate surface area is 151 Å². The molecule has 138 valence electrons. The summed E-state index contributed by atoms with van der Waals surface area (Å²) < 4.78 is 23.8. The van der Waals surface area contributed by atoms with Gasteiger partial charge in [-0.1, -0.05) is 5.16 Å². The van der Waals surface area contributed by atoms with Crippen LogP contribution in [0.2, 0.25) is 0 Å². The van der Waals surface area contributed by atoms with E-state index in [1.807, 2.05) is 13.8 Å². The number of halogens is 1. The average molecular weight is 360 g/mol. The van der Waals surface area contributed by atoms with Gasteiger partial charge in [-0.3, -0.25) is 4.79 Å². The molecule has 2 rings (SSSR count). The minimum atomic E-state index is -0.393. The first-order chi connectivity index (χ1) is 12.6. The molecule has 1 N–H and O–H groups in total. The Balaban J connectivity index is 1.86. The van der Waals surface area contributed by atoms with Crippen molar-refractivity contribution in [3.8, 4) is 11.5 Å². The Morgan fingerprint density at radius 3 is 2.46 bits per heavy atom. The molecule has 0 fully saturated rings. The maximum Gasteiger partial charge on any atom is 0.265 e. The summed E-state index contributed by atoms with van der Waals surface area (Å²) in [5, 5.41) is 6.35. The van der Waals surface area contributed by atoms with Gasteiger partial charge in [-0.25, -0.2) is 4.39 Å². The molecule has 0 aliphatic carbocycles. The van der Waals surface area contributed by atoms with Gasteiger partial charge in [0.05, 0.1) is 19.4 Å². The van der Waals surface area contributed by atoms with E-state index in [0.717, 1.165) is 5.56 Å². The molecule has 0 aliphatic rings. The lowest BCUT2D eigenvalue weighted by Crippen LogP contribution is -2.16. The van der Waals surface area contributed by atoms with Gasteiger partial charge in [0.1, 0.15) is 5.82 Å². The van der Waals surface area contributed by atoms with Crippen molar-refractivity contribution in [3.63, 3.8) is 0 Å². The van der Waals surface area contributed by atoms with Crippen LogP contribution in [0.15, 0.2) is 47.6 Å². The maximum atomic E-state index is 12.8. The molecule has 7 heteroatoms. The van der Waals surface area contributed by atoms with Crippen LogP contribution in [0.3, 0.4) is 0 Å². The van der Waals surface area contributed by atoms with E-state index in [1.165, 1.54) is 30.5 Å².